The molecule has 1 aliphatic rings. The fraction of sp³-hybridized carbons (Fsp3) is 0.533. The molecular formula is C15H19FN2. The second-order valence-electron chi connectivity index (χ2n) is 5.17. The van der Waals surface area contributed by atoms with Gasteiger partial charge in [-0.2, -0.15) is 5.26 Å². The highest BCUT2D eigenvalue weighted by molar-refractivity contribution is 5.49. The highest BCUT2D eigenvalue weighted by Gasteiger charge is 2.36. The summed E-state index contributed by atoms with van der Waals surface area (Å²) in [5.41, 5.74) is -0.156. The molecule has 1 N–H and O–H groups in total. The number of hydrogen-bond donors (Lipinski definition) is 1. The first-order chi connectivity index (χ1) is 8.69. The molecule has 0 spiro atoms. The summed E-state index contributed by atoms with van der Waals surface area (Å²) in [6, 6.07) is 8.95. The molecule has 96 valence electrons. The van der Waals surface area contributed by atoms with E-state index in [-0.39, 0.29) is 5.82 Å². The van der Waals surface area contributed by atoms with E-state index in [1.807, 2.05) is 0 Å². The molecule has 18 heavy (non-hydrogen) atoms. The van der Waals surface area contributed by atoms with Crippen LogP contribution in [0.3, 0.4) is 0 Å². The lowest BCUT2D eigenvalue weighted by atomic mass is 9.75. The number of nitrogens with one attached hydrogen (secondary N) is 1. The van der Waals surface area contributed by atoms with Crippen molar-refractivity contribution < 1.29 is 4.39 Å². The first kappa shape index (κ1) is 12.9. The van der Waals surface area contributed by atoms with Gasteiger partial charge in [-0.15, -0.1) is 0 Å². The number of hydrogen-bond acceptors (Lipinski definition) is 2. The molecule has 1 fully saturated rings. The molecule has 1 aliphatic carbocycles. The van der Waals surface area contributed by atoms with E-state index in [9.17, 15) is 9.65 Å². The van der Waals surface area contributed by atoms with Gasteiger partial charge < -0.3 is 5.32 Å². The average Bonchev–Trinajstić information content (AvgIpc) is 2.42. The van der Waals surface area contributed by atoms with Crippen molar-refractivity contribution in [1.82, 2.24) is 0 Å². The topological polar surface area (TPSA) is 35.8 Å². The van der Waals surface area contributed by atoms with E-state index >= 15 is 0 Å². The predicted molar refractivity (Wildman–Crippen MR) is 70.6 cm³/mol. The van der Waals surface area contributed by atoms with E-state index in [0.29, 0.717) is 11.6 Å². The SMILES string of the molecule is CCC1CCCC(C#N)(Nc2ccccc2F)C1. The van der Waals surface area contributed by atoms with Crippen LogP contribution in [0.1, 0.15) is 39.0 Å². The molecule has 3 heteroatoms. The van der Waals surface area contributed by atoms with E-state index in [2.05, 4.69) is 18.3 Å². The molecule has 0 aliphatic heterocycles. The van der Waals surface area contributed by atoms with Crippen LogP contribution in [-0.4, -0.2) is 5.54 Å². The van der Waals surface area contributed by atoms with E-state index in [4.69, 9.17) is 0 Å². The van der Waals surface area contributed by atoms with E-state index in [0.717, 1.165) is 25.7 Å². The smallest absolute Gasteiger partial charge is 0.146 e. The molecule has 0 heterocycles. The second kappa shape index (κ2) is 5.39. The van der Waals surface area contributed by atoms with Crippen LogP contribution >= 0.6 is 0 Å². The molecule has 0 aromatic heterocycles. The summed E-state index contributed by atoms with van der Waals surface area (Å²) >= 11 is 0. The maximum Gasteiger partial charge on any atom is 0.146 e. The number of halogens is 1. The van der Waals surface area contributed by atoms with Crippen LogP contribution in [-0.2, 0) is 0 Å². The Labute approximate surface area is 108 Å². The number of nitriles is 1. The number of rotatable bonds is 3. The molecule has 0 saturated heterocycles. The van der Waals surface area contributed by atoms with Crippen molar-refractivity contribution in [2.45, 2.75) is 44.6 Å². The second-order valence-corrected chi connectivity index (χ2v) is 5.17. The molecule has 2 rings (SSSR count). The zero-order valence-electron chi connectivity index (χ0n) is 10.7. The standard InChI is InChI=1S/C15H19FN2/c1-2-12-6-5-9-15(10-12,11-17)18-14-8-4-3-7-13(14)16/h3-4,7-8,12,18H,2,5-6,9-10H2,1H3. The number of benzene rings is 1. The Morgan fingerprint density at radius 1 is 1.50 bits per heavy atom. The number of anilines is 1. The molecule has 0 bridgehead atoms. The van der Waals surface area contributed by atoms with Gasteiger partial charge in [-0.05, 0) is 37.3 Å². The maximum absolute atomic E-state index is 13.7. The van der Waals surface area contributed by atoms with Gasteiger partial charge in [0.1, 0.15) is 11.4 Å². The van der Waals surface area contributed by atoms with Crippen LogP contribution in [0, 0.1) is 23.1 Å². The summed E-state index contributed by atoms with van der Waals surface area (Å²) < 4.78 is 13.7. The minimum absolute atomic E-state index is 0.286. The van der Waals surface area contributed by atoms with Gasteiger partial charge >= 0.3 is 0 Å². The van der Waals surface area contributed by atoms with Crippen molar-refractivity contribution in [2.24, 2.45) is 5.92 Å². The Balaban J connectivity index is 2.19. The Hall–Kier alpha value is -1.56. The molecule has 2 atom stereocenters. The van der Waals surface area contributed by atoms with Crippen LogP contribution in [0.2, 0.25) is 0 Å². The quantitative estimate of drug-likeness (QED) is 0.871. The van der Waals surface area contributed by atoms with Crippen molar-refractivity contribution in [2.75, 3.05) is 5.32 Å². The third kappa shape index (κ3) is 2.64. The van der Waals surface area contributed by atoms with Gasteiger partial charge in [-0.1, -0.05) is 31.9 Å². The molecule has 0 radical (unpaired) electrons. The Bertz CT molecular complexity index is 452. The van der Waals surface area contributed by atoms with Crippen molar-refractivity contribution >= 4 is 5.69 Å². The molecular weight excluding hydrogens is 227 g/mol. The Kier molecular flexibility index (Phi) is 3.86. The first-order valence-corrected chi connectivity index (χ1v) is 6.63. The van der Waals surface area contributed by atoms with Gasteiger partial charge in [0.05, 0.1) is 11.8 Å². The summed E-state index contributed by atoms with van der Waals surface area (Å²) in [5, 5.41) is 12.6. The van der Waals surface area contributed by atoms with Gasteiger partial charge in [-0.25, -0.2) is 4.39 Å². The highest BCUT2D eigenvalue weighted by Crippen LogP contribution is 2.36. The zero-order chi connectivity index (χ0) is 13.0. The van der Waals surface area contributed by atoms with E-state index < -0.39 is 5.54 Å². The van der Waals surface area contributed by atoms with Gasteiger partial charge in [0.15, 0.2) is 0 Å². The van der Waals surface area contributed by atoms with Crippen LogP contribution in [0.25, 0.3) is 0 Å². The zero-order valence-corrected chi connectivity index (χ0v) is 10.7. The summed E-state index contributed by atoms with van der Waals surface area (Å²) in [6.45, 7) is 2.15. The lowest BCUT2D eigenvalue weighted by Gasteiger charge is -2.36. The molecule has 2 unspecified atom stereocenters. The monoisotopic (exact) mass is 246 g/mol. The van der Waals surface area contributed by atoms with Crippen LogP contribution in [0.5, 0.6) is 0 Å². The highest BCUT2D eigenvalue weighted by atomic mass is 19.1. The fourth-order valence-electron chi connectivity index (χ4n) is 2.80. The van der Waals surface area contributed by atoms with Crippen LogP contribution < -0.4 is 5.32 Å². The van der Waals surface area contributed by atoms with Crippen molar-refractivity contribution in [1.29, 1.82) is 5.26 Å². The van der Waals surface area contributed by atoms with E-state index in [1.165, 1.54) is 12.5 Å². The lowest BCUT2D eigenvalue weighted by molar-refractivity contribution is 0.283. The van der Waals surface area contributed by atoms with Crippen LogP contribution in [0.4, 0.5) is 10.1 Å². The molecule has 1 saturated carbocycles. The molecule has 1 aromatic carbocycles. The Morgan fingerprint density at radius 3 is 2.94 bits per heavy atom. The summed E-state index contributed by atoms with van der Waals surface area (Å²) in [6.07, 6.45) is 4.91. The Morgan fingerprint density at radius 2 is 2.28 bits per heavy atom. The maximum atomic E-state index is 13.7. The molecule has 0 amide bonds. The number of para-hydroxylation sites is 1. The lowest BCUT2D eigenvalue weighted by Crippen LogP contribution is -2.41. The van der Waals surface area contributed by atoms with Gasteiger partial charge in [-0.3, -0.25) is 0 Å². The first-order valence-electron chi connectivity index (χ1n) is 6.63. The minimum Gasteiger partial charge on any atom is -0.365 e. The molecule has 2 nitrogen and oxygen atoms in total. The summed E-state index contributed by atoms with van der Waals surface area (Å²) in [5.74, 6) is 0.281. The van der Waals surface area contributed by atoms with Crippen molar-refractivity contribution in [3.05, 3.63) is 30.1 Å². The fourth-order valence-corrected chi connectivity index (χ4v) is 2.80. The summed E-state index contributed by atoms with van der Waals surface area (Å²) in [7, 11) is 0. The normalized spacial score (nSPS) is 27.5. The third-order valence-electron chi connectivity index (χ3n) is 3.89. The van der Waals surface area contributed by atoms with Gasteiger partial charge in [0.25, 0.3) is 0 Å². The minimum atomic E-state index is -0.596. The summed E-state index contributed by atoms with van der Waals surface area (Å²) in [4.78, 5) is 0. The van der Waals surface area contributed by atoms with Gasteiger partial charge in [0, 0.05) is 0 Å². The van der Waals surface area contributed by atoms with E-state index in [1.54, 1.807) is 18.2 Å². The predicted octanol–water partition coefficient (Wildman–Crippen LogP) is 4.10. The van der Waals surface area contributed by atoms with Crippen LogP contribution in [0.15, 0.2) is 24.3 Å². The van der Waals surface area contributed by atoms with Gasteiger partial charge in [0.2, 0.25) is 0 Å². The largest absolute Gasteiger partial charge is 0.365 e. The van der Waals surface area contributed by atoms with Crippen molar-refractivity contribution in [3.63, 3.8) is 0 Å². The molecule has 1 aromatic rings. The number of nitrogens with zero attached hydrogens (tertiary/aromatic N) is 1. The average molecular weight is 246 g/mol. The third-order valence-corrected chi connectivity index (χ3v) is 3.89. The van der Waals surface area contributed by atoms with Crippen molar-refractivity contribution in [3.8, 4) is 6.07 Å².